The van der Waals surface area contributed by atoms with Gasteiger partial charge < -0.3 is 21.5 Å². The first kappa shape index (κ1) is 17.3. The molecule has 0 saturated heterocycles. The Morgan fingerprint density at radius 2 is 2.05 bits per heavy atom. The number of nitrogens with two attached hydrogens (primary N) is 1. The second-order valence-corrected chi connectivity index (χ2v) is 5.50. The number of primary amides is 1. The zero-order chi connectivity index (χ0) is 16.2. The lowest BCUT2D eigenvalue weighted by molar-refractivity contribution is -0.140. The van der Waals surface area contributed by atoms with E-state index in [-0.39, 0.29) is 0 Å². The second-order valence-electron chi connectivity index (χ2n) is 4.24. The van der Waals surface area contributed by atoms with E-state index >= 15 is 0 Å². The van der Waals surface area contributed by atoms with Gasteiger partial charge in [0.05, 0.1) is 12.1 Å². The fraction of sp³-hybridized carbons (Fsp3) is 0.250. The first-order valence-electron chi connectivity index (χ1n) is 5.75. The van der Waals surface area contributed by atoms with Gasteiger partial charge in [-0.2, -0.15) is 0 Å². The van der Waals surface area contributed by atoms with E-state index in [0.29, 0.717) is 15.2 Å². The minimum atomic E-state index is -1.40. The molecule has 114 valence electrons. The number of carboxylic acids is 1. The van der Waals surface area contributed by atoms with E-state index in [1.54, 1.807) is 13.0 Å². The Morgan fingerprint density at radius 3 is 2.57 bits per heavy atom. The van der Waals surface area contributed by atoms with Crippen molar-refractivity contribution in [2.75, 3.05) is 5.32 Å². The number of urea groups is 1. The van der Waals surface area contributed by atoms with Crippen LogP contribution in [0, 0.1) is 6.92 Å². The van der Waals surface area contributed by atoms with E-state index in [4.69, 9.17) is 22.4 Å². The number of carboxylic acid groups (broad SMARTS) is 1. The molecule has 0 aliphatic carbocycles. The summed E-state index contributed by atoms with van der Waals surface area (Å²) in [5.41, 5.74) is 6.10. The maximum atomic E-state index is 11.8. The average molecular weight is 379 g/mol. The third-order valence-corrected chi connectivity index (χ3v) is 3.57. The molecule has 0 saturated carbocycles. The van der Waals surface area contributed by atoms with Crippen LogP contribution in [0.1, 0.15) is 12.0 Å². The van der Waals surface area contributed by atoms with Gasteiger partial charge in [0.15, 0.2) is 0 Å². The molecule has 0 heterocycles. The molecular formula is C12H13BrClN3O4. The zero-order valence-corrected chi connectivity index (χ0v) is 13.3. The number of hydrogen-bond donors (Lipinski definition) is 4. The van der Waals surface area contributed by atoms with Crippen LogP contribution < -0.4 is 16.4 Å². The molecule has 0 aliphatic heterocycles. The van der Waals surface area contributed by atoms with Crippen LogP contribution in [-0.4, -0.2) is 29.1 Å². The number of rotatable bonds is 5. The molecule has 1 aromatic carbocycles. The molecule has 1 rings (SSSR count). The van der Waals surface area contributed by atoms with Gasteiger partial charge in [0, 0.05) is 9.50 Å². The summed E-state index contributed by atoms with van der Waals surface area (Å²) < 4.78 is 0.585. The molecule has 0 bridgehead atoms. The summed E-state index contributed by atoms with van der Waals surface area (Å²) in [7, 11) is 0. The Balaban J connectivity index is 2.79. The van der Waals surface area contributed by atoms with Crippen LogP contribution in [0.4, 0.5) is 10.5 Å². The summed E-state index contributed by atoms with van der Waals surface area (Å²) in [5.74, 6) is -2.19. The molecule has 0 aliphatic rings. The van der Waals surface area contributed by atoms with Crippen LogP contribution in [0.15, 0.2) is 16.6 Å². The average Bonchev–Trinajstić information content (AvgIpc) is 2.34. The number of hydrogen-bond acceptors (Lipinski definition) is 3. The molecule has 0 aromatic heterocycles. The van der Waals surface area contributed by atoms with Crippen molar-refractivity contribution in [3.8, 4) is 0 Å². The largest absolute Gasteiger partial charge is 0.480 e. The van der Waals surface area contributed by atoms with Crippen molar-refractivity contribution < 1.29 is 19.5 Å². The maximum Gasteiger partial charge on any atom is 0.326 e. The Labute approximate surface area is 134 Å². The maximum absolute atomic E-state index is 11.8. The number of benzene rings is 1. The van der Waals surface area contributed by atoms with Crippen molar-refractivity contribution in [2.45, 2.75) is 19.4 Å². The van der Waals surface area contributed by atoms with Gasteiger partial charge in [0.1, 0.15) is 6.04 Å². The fourth-order valence-electron chi connectivity index (χ4n) is 1.46. The first-order chi connectivity index (χ1) is 9.70. The standard InChI is InChI=1S/C12H13BrClN3O4/c1-5-2-6(13)8(3-7(5)14)16-12(21)17-9(11(19)20)4-10(15)18/h2-3,9H,4H2,1H3,(H2,15,18)(H,19,20)(H2,16,17,21). The summed E-state index contributed by atoms with van der Waals surface area (Å²) in [6.07, 6.45) is -0.501. The van der Waals surface area contributed by atoms with Crippen molar-refractivity contribution >= 4 is 51.1 Å². The Hall–Kier alpha value is -1.80. The summed E-state index contributed by atoms with van der Waals surface area (Å²) in [6.45, 7) is 1.80. The number of halogens is 2. The molecule has 1 unspecified atom stereocenters. The van der Waals surface area contributed by atoms with Crippen molar-refractivity contribution in [1.29, 1.82) is 0 Å². The zero-order valence-electron chi connectivity index (χ0n) is 10.9. The predicted molar refractivity (Wildman–Crippen MR) is 81.3 cm³/mol. The summed E-state index contributed by atoms with van der Waals surface area (Å²) in [6, 6.07) is 1.03. The number of anilines is 1. The Kier molecular flexibility index (Phi) is 5.98. The molecule has 0 spiro atoms. The number of aryl methyl sites for hydroxylation is 1. The number of carbonyl (C=O) groups is 3. The topological polar surface area (TPSA) is 122 Å². The number of nitrogens with one attached hydrogen (secondary N) is 2. The van der Waals surface area contributed by atoms with Gasteiger partial charge >= 0.3 is 12.0 Å². The van der Waals surface area contributed by atoms with Crippen LogP contribution in [-0.2, 0) is 9.59 Å². The Bertz CT molecular complexity index is 594. The van der Waals surface area contributed by atoms with Gasteiger partial charge in [-0.1, -0.05) is 11.6 Å². The van der Waals surface area contributed by atoms with Crippen molar-refractivity contribution in [3.63, 3.8) is 0 Å². The minimum absolute atomic E-state index is 0.367. The monoisotopic (exact) mass is 377 g/mol. The fourth-order valence-corrected chi connectivity index (χ4v) is 2.18. The van der Waals surface area contributed by atoms with Crippen LogP contribution in [0.25, 0.3) is 0 Å². The van der Waals surface area contributed by atoms with Crippen LogP contribution in [0.5, 0.6) is 0 Å². The van der Waals surface area contributed by atoms with Gasteiger partial charge in [-0.25, -0.2) is 9.59 Å². The lowest BCUT2D eigenvalue weighted by Gasteiger charge is -2.15. The number of amides is 3. The molecule has 1 aromatic rings. The molecular weight excluding hydrogens is 366 g/mol. The lowest BCUT2D eigenvalue weighted by Crippen LogP contribution is -2.45. The quantitative estimate of drug-likeness (QED) is 0.624. The second kappa shape index (κ2) is 7.28. The summed E-state index contributed by atoms with van der Waals surface area (Å²) in [4.78, 5) is 33.4. The third kappa shape index (κ3) is 5.24. The molecule has 0 fully saturated rings. The van der Waals surface area contributed by atoms with E-state index < -0.39 is 30.4 Å². The van der Waals surface area contributed by atoms with E-state index in [9.17, 15) is 14.4 Å². The Morgan fingerprint density at radius 1 is 1.43 bits per heavy atom. The molecule has 7 nitrogen and oxygen atoms in total. The van der Waals surface area contributed by atoms with Gasteiger partial charge in [-0.3, -0.25) is 4.79 Å². The van der Waals surface area contributed by atoms with Crippen LogP contribution in [0.2, 0.25) is 5.02 Å². The molecule has 0 radical (unpaired) electrons. The van der Waals surface area contributed by atoms with Crippen molar-refractivity contribution in [2.24, 2.45) is 5.73 Å². The molecule has 21 heavy (non-hydrogen) atoms. The van der Waals surface area contributed by atoms with E-state index in [1.807, 2.05) is 0 Å². The normalized spacial score (nSPS) is 11.6. The van der Waals surface area contributed by atoms with Gasteiger partial charge in [0.25, 0.3) is 0 Å². The summed E-state index contributed by atoms with van der Waals surface area (Å²) >= 11 is 9.20. The van der Waals surface area contributed by atoms with Crippen LogP contribution in [0.3, 0.4) is 0 Å². The molecule has 5 N–H and O–H groups in total. The smallest absolute Gasteiger partial charge is 0.326 e. The lowest BCUT2D eigenvalue weighted by atomic mass is 10.2. The highest BCUT2D eigenvalue weighted by molar-refractivity contribution is 9.10. The molecule has 9 heteroatoms. The highest BCUT2D eigenvalue weighted by Crippen LogP contribution is 2.29. The highest BCUT2D eigenvalue weighted by Gasteiger charge is 2.22. The minimum Gasteiger partial charge on any atom is -0.480 e. The van der Waals surface area contributed by atoms with E-state index in [0.717, 1.165) is 5.56 Å². The van der Waals surface area contributed by atoms with E-state index in [1.165, 1.54) is 6.07 Å². The van der Waals surface area contributed by atoms with Crippen LogP contribution >= 0.6 is 27.5 Å². The van der Waals surface area contributed by atoms with Gasteiger partial charge in [-0.15, -0.1) is 0 Å². The highest BCUT2D eigenvalue weighted by atomic mass is 79.9. The van der Waals surface area contributed by atoms with Gasteiger partial charge in [-0.05, 0) is 40.5 Å². The SMILES string of the molecule is Cc1cc(Br)c(NC(=O)NC(CC(N)=O)C(=O)O)cc1Cl. The third-order valence-electron chi connectivity index (χ3n) is 2.51. The van der Waals surface area contributed by atoms with Crippen molar-refractivity contribution in [1.82, 2.24) is 5.32 Å². The van der Waals surface area contributed by atoms with Crippen molar-refractivity contribution in [3.05, 3.63) is 27.2 Å². The molecule has 3 amide bonds. The predicted octanol–water partition coefficient (Wildman–Crippen LogP) is 1.86. The number of aliphatic carboxylic acids is 1. The van der Waals surface area contributed by atoms with E-state index in [2.05, 4.69) is 26.6 Å². The summed E-state index contributed by atoms with van der Waals surface area (Å²) in [5, 5.41) is 13.9. The number of carbonyl (C=O) groups excluding carboxylic acids is 2. The van der Waals surface area contributed by atoms with Gasteiger partial charge in [0.2, 0.25) is 5.91 Å². The first-order valence-corrected chi connectivity index (χ1v) is 6.92. The molecule has 1 atom stereocenters.